The second-order valence-electron chi connectivity index (χ2n) is 8.02. The summed E-state index contributed by atoms with van der Waals surface area (Å²) in [4.78, 5) is 13.8. The first-order valence-corrected chi connectivity index (χ1v) is 10.1. The van der Waals surface area contributed by atoms with Crippen LogP contribution in [0.3, 0.4) is 0 Å². The lowest BCUT2D eigenvalue weighted by atomic mass is 9.88. The van der Waals surface area contributed by atoms with Crippen LogP contribution < -0.4 is 0 Å². The summed E-state index contributed by atoms with van der Waals surface area (Å²) in [5.74, 6) is -0.874. The highest BCUT2D eigenvalue weighted by Crippen LogP contribution is 2.35. The van der Waals surface area contributed by atoms with Crippen LogP contribution in [-0.2, 0) is 4.79 Å². The Morgan fingerprint density at radius 1 is 0.964 bits per heavy atom. The number of carboxylic acids is 1. The summed E-state index contributed by atoms with van der Waals surface area (Å²) >= 11 is 0. The summed E-state index contributed by atoms with van der Waals surface area (Å²) in [6, 6.07) is 22.0. The number of nitrogens with zero attached hydrogens (tertiary/aromatic N) is 1. The largest absolute Gasteiger partial charge is 0.481 e. The van der Waals surface area contributed by atoms with E-state index in [1.807, 2.05) is 0 Å². The van der Waals surface area contributed by atoms with Crippen LogP contribution in [-0.4, -0.2) is 29.1 Å². The number of hydrogen-bond donors (Lipinski definition) is 1. The average Bonchev–Trinajstić information content (AvgIpc) is 2.70. The van der Waals surface area contributed by atoms with Gasteiger partial charge in [-0.3, -0.25) is 9.69 Å². The van der Waals surface area contributed by atoms with E-state index >= 15 is 0 Å². The Labute approximate surface area is 166 Å². The Bertz CT molecular complexity index is 1000. The van der Waals surface area contributed by atoms with Crippen LogP contribution in [0.1, 0.15) is 41.1 Å². The molecular weight excluding hydrogens is 346 g/mol. The molecule has 1 aliphatic heterocycles. The van der Waals surface area contributed by atoms with Crippen LogP contribution in [0.4, 0.5) is 0 Å². The summed E-state index contributed by atoms with van der Waals surface area (Å²) in [6.45, 7) is 5.92. The van der Waals surface area contributed by atoms with E-state index in [9.17, 15) is 9.90 Å². The number of carboxylic acid groups (broad SMARTS) is 1. The van der Waals surface area contributed by atoms with Crippen molar-refractivity contribution in [1.82, 2.24) is 4.90 Å². The van der Waals surface area contributed by atoms with Gasteiger partial charge in [-0.2, -0.15) is 0 Å². The molecule has 0 aromatic heterocycles. The second kappa shape index (κ2) is 7.76. The highest BCUT2D eigenvalue weighted by molar-refractivity contribution is 5.83. The zero-order valence-electron chi connectivity index (χ0n) is 16.6. The fraction of sp³-hybridized carbons (Fsp3) is 0.320. The number of fused-ring (bicyclic) bond motifs is 1. The lowest BCUT2D eigenvalue weighted by molar-refractivity contribution is -0.143. The van der Waals surface area contributed by atoms with Crippen LogP contribution in [0.5, 0.6) is 0 Å². The maximum absolute atomic E-state index is 11.4. The lowest BCUT2D eigenvalue weighted by Gasteiger charge is -2.38. The predicted molar refractivity (Wildman–Crippen MR) is 114 cm³/mol. The summed E-state index contributed by atoms with van der Waals surface area (Å²) < 4.78 is 0. The monoisotopic (exact) mass is 373 g/mol. The van der Waals surface area contributed by atoms with E-state index in [0.29, 0.717) is 12.8 Å². The fourth-order valence-corrected chi connectivity index (χ4v) is 4.50. The number of benzene rings is 3. The summed E-state index contributed by atoms with van der Waals surface area (Å²) in [6.07, 6.45) is 1.43. The molecule has 1 N–H and O–H groups in total. The molecule has 3 heteroatoms. The van der Waals surface area contributed by atoms with Crippen LogP contribution in [0.2, 0.25) is 0 Å². The number of carbonyl (C=O) groups is 1. The third-order valence-electron chi connectivity index (χ3n) is 6.05. The molecule has 0 bridgehead atoms. The average molecular weight is 373 g/mol. The Morgan fingerprint density at radius 2 is 1.68 bits per heavy atom. The van der Waals surface area contributed by atoms with E-state index in [1.165, 1.54) is 33.0 Å². The predicted octanol–water partition coefficient (Wildman–Crippen LogP) is 5.34. The van der Waals surface area contributed by atoms with Crippen LogP contribution >= 0.6 is 0 Å². The molecule has 3 aromatic carbocycles. The van der Waals surface area contributed by atoms with E-state index in [2.05, 4.69) is 79.4 Å². The van der Waals surface area contributed by atoms with E-state index in [-0.39, 0.29) is 12.0 Å². The minimum absolute atomic E-state index is 0.153. The van der Waals surface area contributed by atoms with Gasteiger partial charge in [0.2, 0.25) is 0 Å². The lowest BCUT2D eigenvalue weighted by Crippen LogP contribution is -2.39. The van der Waals surface area contributed by atoms with E-state index in [0.717, 1.165) is 13.1 Å². The molecule has 0 radical (unpaired) electrons. The zero-order valence-corrected chi connectivity index (χ0v) is 16.6. The van der Waals surface area contributed by atoms with Crippen molar-refractivity contribution >= 4 is 16.7 Å². The van der Waals surface area contributed by atoms with Gasteiger partial charge in [-0.25, -0.2) is 0 Å². The maximum atomic E-state index is 11.4. The Kier molecular flexibility index (Phi) is 5.19. The van der Waals surface area contributed by atoms with Crippen molar-refractivity contribution in [3.05, 3.63) is 82.9 Å². The number of hydrogen-bond acceptors (Lipinski definition) is 2. The van der Waals surface area contributed by atoms with Gasteiger partial charge < -0.3 is 5.11 Å². The molecule has 0 amide bonds. The quantitative estimate of drug-likeness (QED) is 0.671. The first-order chi connectivity index (χ1) is 13.5. The van der Waals surface area contributed by atoms with E-state index in [4.69, 9.17) is 0 Å². The topological polar surface area (TPSA) is 40.5 Å². The zero-order chi connectivity index (χ0) is 19.7. The van der Waals surface area contributed by atoms with Gasteiger partial charge in [0.05, 0.1) is 12.0 Å². The van der Waals surface area contributed by atoms with Crippen LogP contribution in [0.15, 0.2) is 60.7 Å². The summed E-state index contributed by atoms with van der Waals surface area (Å²) in [7, 11) is 0. The molecule has 3 aromatic rings. The van der Waals surface area contributed by atoms with Gasteiger partial charge in [-0.15, -0.1) is 0 Å². The van der Waals surface area contributed by atoms with Crippen LogP contribution in [0.25, 0.3) is 10.8 Å². The number of aliphatic carboxylic acids is 1. The normalized spacial score (nSPS) is 16.9. The maximum Gasteiger partial charge on any atom is 0.306 e. The highest BCUT2D eigenvalue weighted by atomic mass is 16.4. The van der Waals surface area contributed by atoms with Gasteiger partial charge >= 0.3 is 5.97 Å². The number of rotatable bonds is 4. The van der Waals surface area contributed by atoms with Gasteiger partial charge in [-0.05, 0) is 73.3 Å². The molecule has 1 aliphatic rings. The summed E-state index contributed by atoms with van der Waals surface area (Å²) in [5, 5.41) is 11.9. The molecule has 4 rings (SSSR count). The molecule has 1 fully saturated rings. The number of piperidine rings is 1. The van der Waals surface area contributed by atoms with Crippen molar-refractivity contribution in [3.63, 3.8) is 0 Å². The molecule has 1 saturated heterocycles. The molecule has 28 heavy (non-hydrogen) atoms. The van der Waals surface area contributed by atoms with Gasteiger partial charge in [0.15, 0.2) is 0 Å². The third kappa shape index (κ3) is 3.67. The molecule has 0 spiro atoms. The number of aryl methyl sites for hydroxylation is 2. The van der Waals surface area contributed by atoms with Crippen molar-refractivity contribution in [2.75, 3.05) is 13.1 Å². The third-order valence-corrected chi connectivity index (χ3v) is 6.05. The van der Waals surface area contributed by atoms with Gasteiger partial charge in [0.25, 0.3) is 0 Å². The molecule has 1 atom stereocenters. The highest BCUT2D eigenvalue weighted by Gasteiger charge is 2.30. The minimum Gasteiger partial charge on any atom is -0.481 e. The fourth-order valence-electron chi connectivity index (χ4n) is 4.50. The molecule has 3 nitrogen and oxygen atoms in total. The molecule has 1 heterocycles. The first-order valence-electron chi connectivity index (χ1n) is 10.1. The van der Waals surface area contributed by atoms with Crippen molar-refractivity contribution in [2.45, 2.75) is 32.7 Å². The van der Waals surface area contributed by atoms with Crippen molar-refractivity contribution in [2.24, 2.45) is 5.92 Å². The van der Waals surface area contributed by atoms with Crippen molar-refractivity contribution < 1.29 is 9.90 Å². The van der Waals surface area contributed by atoms with E-state index < -0.39 is 5.97 Å². The Balaban J connectivity index is 1.75. The van der Waals surface area contributed by atoms with Gasteiger partial charge in [-0.1, -0.05) is 60.2 Å². The summed E-state index contributed by atoms with van der Waals surface area (Å²) in [5.41, 5.74) is 5.15. The van der Waals surface area contributed by atoms with Crippen LogP contribution in [0, 0.1) is 19.8 Å². The van der Waals surface area contributed by atoms with Crippen molar-refractivity contribution in [3.8, 4) is 0 Å². The number of likely N-dealkylation sites (tertiary alicyclic amines) is 1. The second-order valence-corrected chi connectivity index (χ2v) is 8.02. The van der Waals surface area contributed by atoms with E-state index in [1.54, 1.807) is 0 Å². The van der Waals surface area contributed by atoms with Crippen molar-refractivity contribution in [1.29, 1.82) is 0 Å². The molecule has 0 saturated carbocycles. The SMILES string of the molecule is Cc1ccc(C(c2ccc3ccccc3c2)N2CCC(C(=O)O)CC2)c(C)c1. The smallest absolute Gasteiger partial charge is 0.306 e. The first kappa shape index (κ1) is 18.7. The minimum atomic E-state index is -0.659. The molecule has 1 unspecified atom stereocenters. The molecule has 144 valence electrons. The van der Waals surface area contributed by atoms with Gasteiger partial charge in [0, 0.05) is 0 Å². The molecule has 0 aliphatic carbocycles. The standard InChI is InChI=1S/C25H27NO2/c1-17-7-10-23(18(2)15-17)24(26-13-11-20(12-14-26)25(27)28)22-9-8-19-5-3-4-6-21(19)16-22/h3-10,15-16,20,24H,11-14H2,1-2H3,(H,27,28). The molecular formula is C25H27NO2. The Hall–Kier alpha value is -2.65. The van der Waals surface area contributed by atoms with Gasteiger partial charge in [0.1, 0.15) is 0 Å². The Morgan fingerprint density at radius 3 is 2.36 bits per heavy atom.